The minimum Gasteiger partial charge on any atom is -0.495 e. The van der Waals surface area contributed by atoms with Gasteiger partial charge in [-0.1, -0.05) is 41.4 Å². The van der Waals surface area contributed by atoms with Gasteiger partial charge in [0.25, 0.3) is 15.9 Å². The van der Waals surface area contributed by atoms with Crippen LogP contribution in [-0.4, -0.2) is 21.4 Å². The summed E-state index contributed by atoms with van der Waals surface area (Å²) in [6.45, 7) is 1.88. The number of anilines is 2. The van der Waals surface area contributed by atoms with E-state index < -0.39 is 10.0 Å². The van der Waals surface area contributed by atoms with Crippen LogP contribution in [-0.2, 0) is 10.0 Å². The summed E-state index contributed by atoms with van der Waals surface area (Å²) < 4.78 is 33.3. The van der Waals surface area contributed by atoms with E-state index >= 15 is 0 Å². The molecule has 2 N–H and O–H groups in total. The molecule has 3 aromatic carbocycles. The topological polar surface area (TPSA) is 84.5 Å². The highest BCUT2D eigenvalue weighted by Gasteiger charge is 2.19. The first kappa shape index (κ1) is 20.7. The number of carbonyl (C=O) groups is 1. The fourth-order valence-corrected chi connectivity index (χ4v) is 4.02. The number of amides is 1. The van der Waals surface area contributed by atoms with Gasteiger partial charge >= 0.3 is 0 Å². The molecule has 29 heavy (non-hydrogen) atoms. The number of carbonyl (C=O) groups excluding carboxylic acids is 1. The van der Waals surface area contributed by atoms with Crippen molar-refractivity contribution in [3.63, 3.8) is 0 Å². The number of rotatable bonds is 6. The summed E-state index contributed by atoms with van der Waals surface area (Å²) >= 11 is 6.04. The zero-order valence-electron chi connectivity index (χ0n) is 15.8. The summed E-state index contributed by atoms with van der Waals surface area (Å²) in [6, 6.07) is 17.8. The van der Waals surface area contributed by atoms with Gasteiger partial charge < -0.3 is 10.1 Å². The van der Waals surface area contributed by atoms with E-state index in [9.17, 15) is 13.2 Å². The van der Waals surface area contributed by atoms with Gasteiger partial charge in [-0.15, -0.1) is 0 Å². The third-order valence-electron chi connectivity index (χ3n) is 4.13. The van der Waals surface area contributed by atoms with E-state index in [4.69, 9.17) is 16.3 Å². The molecular weight excluding hydrogens is 412 g/mol. The first-order chi connectivity index (χ1) is 13.8. The highest BCUT2D eigenvalue weighted by Crippen LogP contribution is 2.30. The van der Waals surface area contributed by atoms with Crippen LogP contribution >= 0.6 is 11.6 Å². The Morgan fingerprint density at radius 3 is 2.41 bits per heavy atom. The minimum atomic E-state index is -3.93. The van der Waals surface area contributed by atoms with Crippen molar-refractivity contribution in [2.45, 2.75) is 11.8 Å². The first-order valence-electron chi connectivity index (χ1n) is 8.63. The molecule has 150 valence electrons. The van der Waals surface area contributed by atoms with Gasteiger partial charge in [0.15, 0.2) is 0 Å². The Morgan fingerprint density at radius 2 is 1.72 bits per heavy atom. The van der Waals surface area contributed by atoms with Gasteiger partial charge in [-0.25, -0.2) is 8.42 Å². The van der Waals surface area contributed by atoms with Gasteiger partial charge in [-0.05, 0) is 49.4 Å². The predicted molar refractivity (Wildman–Crippen MR) is 114 cm³/mol. The minimum absolute atomic E-state index is 0.0437. The van der Waals surface area contributed by atoms with Gasteiger partial charge in [0.1, 0.15) is 5.75 Å². The van der Waals surface area contributed by atoms with Crippen LogP contribution in [0.1, 0.15) is 15.9 Å². The number of sulfonamides is 1. The average molecular weight is 431 g/mol. The average Bonchev–Trinajstić information content (AvgIpc) is 2.69. The van der Waals surface area contributed by atoms with Crippen molar-refractivity contribution >= 4 is 38.9 Å². The fourth-order valence-electron chi connectivity index (χ4n) is 2.68. The van der Waals surface area contributed by atoms with Gasteiger partial charge in [0, 0.05) is 5.56 Å². The normalized spacial score (nSPS) is 11.0. The van der Waals surface area contributed by atoms with Gasteiger partial charge in [0.05, 0.1) is 28.4 Å². The van der Waals surface area contributed by atoms with Crippen molar-refractivity contribution in [3.05, 3.63) is 82.9 Å². The van der Waals surface area contributed by atoms with Gasteiger partial charge in [0.2, 0.25) is 0 Å². The molecule has 0 unspecified atom stereocenters. The van der Waals surface area contributed by atoms with Crippen molar-refractivity contribution < 1.29 is 17.9 Å². The molecule has 1 amide bonds. The monoisotopic (exact) mass is 430 g/mol. The Morgan fingerprint density at radius 1 is 0.966 bits per heavy atom. The molecule has 0 aliphatic carbocycles. The van der Waals surface area contributed by atoms with Crippen molar-refractivity contribution in [1.29, 1.82) is 0 Å². The van der Waals surface area contributed by atoms with Crippen molar-refractivity contribution in [2.75, 3.05) is 17.1 Å². The number of hydrogen-bond donors (Lipinski definition) is 2. The number of hydrogen-bond acceptors (Lipinski definition) is 4. The second-order valence-electron chi connectivity index (χ2n) is 6.27. The number of benzene rings is 3. The summed E-state index contributed by atoms with van der Waals surface area (Å²) in [5, 5.41) is 2.99. The highest BCUT2D eigenvalue weighted by atomic mass is 35.5. The van der Waals surface area contributed by atoms with Crippen molar-refractivity contribution in [1.82, 2.24) is 0 Å². The number of halogens is 1. The number of ether oxygens (including phenoxy) is 1. The molecule has 0 radical (unpaired) electrons. The number of para-hydroxylation sites is 1. The van der Waals surface area contributed by atoms with Crippen LogP contribution in [0.25, 0.3) is 0 Å². The predicted octanol–water partition coefficient (Wildman–Crippen LogP) is 4.71. The van der Waals surface area contributed by atoms with Crippen LogP contribution in [0, 0.1) is 6.92 Å². The molecule has 0 saturated heterocycles. The second kappa shape index (κ2) is 8.55. The van der Waals surface area contributed by atoms with Crippen LogP contribution < -0.4 is 14.8 Å². The van der Waals surface area contributed by atoms with E-state index in [0.29, 0.717) is 11.3 Å². The smallest absolute Gasteiger partial charge is 0.262 e. The third kappa shape index (κ3) is 4.88. The van der Waals surface area contributed by atoms with Crippen molar-refractivity contribution in [2.24, 2.45) is 0 Å². The lowest BCUT2D eigenvalue weighted by atomic mass is 10.1. The Balaban J connectivity index is 1.92. The lowest BCUT2D eigenvalue weighted by molar-refractivity contribution is 0.102. The van der Waals surface area contributed by atoms with E-state index in [1.165, 1.54) is 25.3 Å². The zero-order valence-corrected chi connectivity index (χ0v) is 17.3. The van der Waals surface area contributed by atoms with Crippen LogP contribution in [0.15, 0.2) is 71.6 Å². The largest absolute Gasteiger partial charge is 0.495 e. The first-order valence-corrected chi connectivity index (χ1v) is 10.5. The molecule has 3 rings (SSSR count). The molecule has 0 heterocycles. The summed E-state index contributed by atoms with van der Waals surface area (Å²) in [6.07, 6.45) is 0. The van der Waals surface area contributed by atoms with E-state index in [2.05, 4.69) is 10.0 Å². The van der Waals surface area contributed by atoms with E-state index in [1.54, 1.807) is 42.5 Å². The maximum atomic E-state index is 12.8. The summed E-state index contributed by atoms with van der Waals surface area (Å²) in [5.41, 5.74) is 1.88. The van der Waals surface area contributed by atoms with Crippen molar-refractivity contribution in [3.8, 4) is 5.75 Å². The Bertz CT molecular complexity index is 1160. The van der Waals surface area contributed by atoms with Crippen LogP contribution in [0.5, 0.6) is 5.75 Å². The molecule has 0 bridgehead atoms. The molecule has 8 heteroatoms. The standard InChI is InChI=1S/C21H19ClN2O4S/c1-14-6-5-7-15(12-14)21(25)23-19-13-16(10-11-20(19)28-2)29(26,27)24-18-9-4-3-8-17(18)22/h3-13,24H,1-2H3,(H,23,25). The Kier molecular flexibility index (Phi) is 6.10. The molecule has 0 fully saturated rings. The second-order valence-corrected chi connectivity index (χ2v) is 8.36. The molecule has 0 aromatic heterocycles. The summed E-state index contributed by atoms with van der Waals surface area (Å²) in [5.74, 6) is -0.0386. The van der Waals surface area contributed by atoms with Gasteiger partial charge in [-0.2, -0.15) is 0 Å². The Labute approximate surface area is 174 Å². The summed E-state index contributed by atoms with van der Waals surface area (Å²) in [7, 11) is -2.49. The molecule has 0 atom stereocenters. The maximum Gasteiger partial charge on any atom is 0.262 e. The highest BCUT2D eigenvalue weighted by molar-refractivity contribution is 7.92. The third-order valence-corrected chi connectivity index (χ3v) is 5.82. The lowest BCUT2D eigenvalue weighted by Crippen LogP contribution is -2.16. The lowest BCUT2D eigenvalue weighted by Gasteiger charge is -2.14. The quantitative estimate of drug-likeness (QED) is 0.593. The molecule has 0 aliphatic rings. The van der Waals surface area contributed by atoms with E-state index in [1.807, 2.05) is 13.0 Å². The van der Waals surface area contributed by atoms with Crippen LogP contribution in [0.4, 0.5) is 11.4 Å². The zero-order chi connectivity index (χ0) is 21.0. The molecular formula is C21H19ClN2O4S. The maximum absolute atomic E-state index is 12.8. The fraction of sp³-hybridized carbons (Fsp3) is 0.0952. The molecule has 0 spiro atoms. The molecule has 6 nitrogen and oxygen atoms in total. The summed E-state index contributed by atoms with van der Waals surface area (Å²) in [4.78, 5) is 12.5. The number of aryl methyl sites for hydroxylation is 1. The van der Waals surface area contributed by atoms with Gasteiger partial charge in [-0.3, -0.25) is 9.52 Å². The number of methoxy groups -OCH3 is 1. The Hall–Kier alpha value is -3.03. The molecule has 0 aliphatic heterocycles. The van der Waals surface area contributed by atoms with E-state index in [-0.39, 0.29) is 27.2 Å². The van der Waals surface area contributed by atoms with Crippen LogP contribution in [0.3, 0.4) is 0 Å². The van der Waals surface area contributed by atoms with E-state index in [0.717, 1.165) is 5.56 Å². The molecule has 3 aromatic rings. The van der Waals surface area contributed by atoms with Crippen LogP contribution in [0.2, 0.25) is 5.02 Å². The number of nitrogens with one attached hydrogen (secondary N) is 2. The molecule has 0 saturated carbocycles. The SMILES string of the molecule is COc1ccc(S(=O)(=O)Nc2ccccc2Cl)cc1NC(=O)c1cccc(C)c1.